The first kappa shape index (κ1) is 39.8. The zero-order valence-corrected chi connectivity index (χ0v) is 36.9. The van der Waals surface area contributed by atoms with E-state index in [2.05, 4.69) is 129 Å². The number of thiophene rings is 1. The monoisotopic (exact) mass is 855 g/mol. The molecule has 2 N–H and O–H groups in total. The molecule has 11 rings (SSSR count). The van der Waals surface area contributed by atoms with Gasteiger partial charge in [-0.05, 0) is 128 Å². The Balaban J connectivity index is 0.673. The molecule has 1 unspecified atom stereocenters. The molecule has 3 aromatic heterocycles. The van der Waals surface area contributed by atoms with Gasteiger partial charge in [0.2, 0.25) is 0 Å². The number of aryl methyl sites for hydroxylation is 3. The summed E-state index contributed by atoms with van der Waals surface area (Å²) in [6.07, 6.45) is 8.37. The van der Waals surface area contributed by atoms with Crippen molar-refractivity contribution in [2.24, 2.45) is 16.3 Å². The molecule has 63 heavy (non-hydrogen) atoms. The number of aromatic hydroxyl groups is 1. The summed E-state index contributed by atoms with van der Waals surface area (Å²) in [5, 5.41) is 24.2. The molecule has 0 bridgehead atoms. The van der Waals surface area contributed by atoms with Crippen molar-refractivity contribution in [3.8, 4) is 16.5 Å². The fourth-order valence-electron chi connectivity index (χ4n) is 11.0. The number of likely N-dealkylation sites (tertiary alicyclic amines) is 1. The number of benzene rings is 4. The van der Waals surface area contributed by atoms with Gasteiger partial charge in [0.15, 0.2) is 11.7 Å². The fourth-order valence-corrected chi connectivity index (χ4v) is 12.2. The minimum Gasteiger partial charge on any atom is -0.508 e. The first-order chi connectivity index (χ1) is 30.8. The maximum atomic E-state index is 10.2. The van der Waals surface area contributed by atoms with Gasteiger partial charge in [0.05, 0.1) is 18.3 Å². The molecule has 2 aliphatic heterocycles. The van der Waals surface area contributed by atoms with Crippen molar-refractivity contribution in [1.29, 1.82) is 0 Å². The van der Waals surface area contributed by atoms with Gasteiger partial charge >= 0.3 is 0 Å². The fraction of sp³-hybridized carbons (Fsp3) is 0.346. The van der Waals surface area contributed by atoms with Crippen molar-refractivity contribution in [3.63, 3.8) is 0 Å². The Labute approximate surface area is 372 Å². The lowest BCUT2D eigenvalue weighted by molar-refractivity contribution is -0.0931. The molecule has 2 aliphatic carbocycles. The average molecular weight is 856 g/mol. The molecule has 4 aromatic carbocycles. The second-order valence-electron chi connectivity index (χ2n) is 18.3. The number of fused-ring (bicyclic) bond motifs is 4. The molecule has 1 saturated carbocycles. The van der Waals surface area contributed by atoms with Crippen LogP contribution < -0.4 is 10.1 Å². The summed E-state index contributed by atoms with van der Waals surface area (Å²) in [5.74, 6) is 4.88. The zero-order valence-electron chi connectivity index (χ0n) is 36.1. The first-order valence-electron chi connectivity index (χ1n) is 22.4. The zero-order chi connectivity index (χ0) is 42.7. The second kappa shape index (κ2) is 16.3. The van der Waals surface area contributed by atoms with Crippen molar-refractivity contribution in [3.05, 3.63) is 171 Å². The molecule has 1 saturated heterocycles. The van der Waals surface area contributed by atoms with Crippen LogP contribution in [0.2, 0.25) is 0 Å². The van der Waals surface area contributed by atoms with Crippen molar-refractivity contribution < 1.29 is 14.3 Å². The summed E-state index contributed by atoms with van der Waals surface area (Å²) < 4.78 is 14.1. The molecule has 11 heteroatoms. The van der Waals surface area contributed by atoms with Crippen molar-refractivity contribution >= 4 is 22.7 Å². The molecule has 7 aromatic rings. The Morgan fingerprint density at radius 2 is 1.73 bits per heavy atom. The maximum absolute atomic E-state index is 10.2. The third kappa shape index (κ3) is 7.54. The minimum absolute atomic E-state index is 0.238. The van der Waals surface area contributed by atoms with Crippen molar-refractivity contribution in [1.82, 2.24) is 24.6 Å². The Bertz CT molecular complexity index is 2760. The third-order valence-electron chi connectivity index (χ3n) is 14.1. The van der Waals surface area contributed by atoms with Gasteiger partial charge in [-0.2, -0.15) is 0 Å². The lowest BCUT2D eigenvalue weighted by Crippen LogP contribution is -2.63. The van der Waals surface area contributed by atoms with Crippen LogP contribution in [0.3, 0.4) is 0 Å². The van der Waals surface area contributed by atoms with E-state index in [1.807, 2.05) is 19.1 Å². The van der Waals surface area contributed by atoms with Gasteiger partial charge in [-0.1, -0.05) is 60.7 Å². The number of phenols is 1. The SMILES string of the molecule is Cc1sc2c(c1C)C(c1ccc(NCC3CC4(C3)CN(CCOc3ccc([C@@H]5c6ccc(O)cc6CC[C@@H]5c5ccccc5)cc3)C4)cc1)=NC(Cc1ncco1)c1nnc(C)n1-2. The van der Waals surface area contributed by atoms with E-state index >= 15 is 0 Å². The van der Waals surface area contributed by atoms with Crippen LogP contribution >= 0.6 is 11.3 Å². The van der Waals surface area contributed by atoms with Crippen LogP contribution in [0.4, 0.5) is 5.69 Å². The molecule has 3 atom stereocenters. The summed E-state index contributed by atoms with van der Waals surface area (Å²) in [7, 11) is 0. The van der Waals surface area contributed by atoms with E-state index in [0.29, 0.717) is 41.9 Å². The Hall–Kier alpha value is -6.04. The van der Waals surface area contributed by atoms with Crippen molar-refractivity contribution in [2.45, 2.75) is 70.8 Å². The Morgan fingerprint density at radius 3 is 2.51 bits per heavy atom. The van der Waals surface area contributed by atoms with Gasteiger partial charge in [0, 0.05) is 53.8 Å². The molecule has 0 radical (unpaired) electrons. The first-order valence-corrected chi connectivity index (χ1v) is 23.2. The molecule has 320 valence electrons. The predicted molar refractivity (Wildman–Crippen MR) is 248 cm³/mol. The second-order valence-corrected chi connectivity index (χ2v) is 19.5. The number of hydrogen-bond donors (Lipinski definition) is 2. The van der Waals surface area contributed by atoms with E-state index in [-0.39, 0.29) is 12.0 Å². The highest BCUT2D eigenvalue weighted by atomic mass is 32.1. The lowest BCUT2D eigenvalue weighted by Gasteiger charge is -2.59. The normalized spacial score (nSPS) is 20.2. The summed E-state index contributed by atoms with van der Waals surface area (Å²) >= 11 is 1.77. The standard InChI is InChI=1S/C52H53N7O3S/c1-32-33(2)63-51-47(32)49(55-45(26-46-53-21-23-62-46)50-57-56-34(3)59(50)51)38-9-14-40(15-10-38)54-29-35-27-52(28-35)30-58(31-52)22-24-61-42-17-11-37(12-18-42)48-43(36-7-5-4-6-8-36)19-13-39-25-41(60)16-20-44(39)48/h4-12,14-18,20-21,23,25,35,43,45,48,54,60H,13,19,22,24,26-31H2,1-3H3/t43-,45?,48+/m1/s1. The number of rotatable bonds is 12. The van der Waals surface area contributed by atoms with Gasteiger partial charge in [-0.15, -0.1) is 21.5 Å². The number of aromatic nitrogens is 4. The summed E-state index contributed by atoms with van der Waals surface area (Å²) in [6.45, 7) is 11.3. The van der Waals surface area contributed by atoms with Gasteiger partial charge in [0.25, 0.3) is 0 Å². The van der Waals surface area contributed by atoms with E-state index in [9.17, 15) is 5.11 Å². The van der Waals surface area contributed by atoms with Gasteiger partial charge in [-0.3, -0.25) is 14.5 Å². The molecular formula is C52H53N7O3S. The van der Waals surface area contributed by atoms with Crippen LogP contribution in [0.15, 0.2) is 119 Å². The van der Waals surface area contributed by atoms with E-state index in [4.69, 9.17) is 14.1 Å². The third-order valence-corrected chi connectivity index (χ3v) is 15.3. The number of nitrogens with zero attached hydrogens (tertiary/aromatic N) is 6. The van der Waals surface area contributed by atoms with E-state index in [0.717, 1.165) is 83.9 Å². The smallest absolute Gasteiger partial charge is 0.196 e. The highest BCUT2D eigenvalue weighted by molar-refractivity contribution is 7.15. The van der Waals surface area contributed by atoms with Crippen LogP contribution in [0.5, 0.6) is 11.5 Å². The minimum atomic E-state index is -0.284. The van der Waals surface area contributed by atoms with E-state index in [1.165, 1.54) is 45.5 Å². The summed E-state index contributed by atoms with van der Waals surface area (Å²) in [6, 6.07) is 34.1. The summed E-state index contributed by atoms with van der Waals surface area (Å²) in [4.78, 5) is 13.6. The number of hydrogen-bond acceptors (Lipinski definition) is 10. The van der Waals surface area contributed by atoms with Crippen LogP contribution in [-0.2, 0) is 12.8 Å². The van der Waals surface area contributed by atoms with Crippen LogP contribution in [0.25, 0.3) is 5.00 Å². The van der Waals surface area contributed by atoms with Gasteiger partial charge in [-0.25, -0.2) is 4.98 Å². The van der Waals surface area contributed by atoms with Gasteiger partial charge < -0.3 is 19.6 Å². The topological polar surface area (TPSA) is 114 Å². The number of anilines is 1. The van der Waals surface area contributed by atoms with Crippen LogP contribution in [0.1, 0.15) is 98.5 Å². The summed E-state index contributed by atoms with van der Waals surface area (Å²) in [5.41, 5.74) is 11.3. The molecule has 0 amide bonds. The molecule has 4 aliphatic rings. The Kier molecular flexibility index (Phi) is 10.3. The predicted octanol–water partition coefficient (Wildman–Crippen LogP) is 10.1. The Morgan fingerprint density at radius 1 is 0.921 bits per heavy atom. The highest BCUT2D eigenvalue weighted by Gasteiger charge is 2.51. The number of oxazole rings is 1. The number of aliphatic imine (C=N–C) groups is 1. The van der Waals surface area contributed by atoms with Crippen molar-refractivity contribution in [2.75, 3.05) is 38.1 Å². The highest BCUT2D eigenvalue weighted by Crippen LogP contribution is 2.52. The molecule has 5 heterocycles. The van der Waals surface area contributed by atoms with Crippen LogP contribution in [-0.4, -0.2) is 68.3 Å². The lowest BCUT2D eigenvalue weighted by atomic mass is 9.57. The quantitative estimate of drug-likeness (QED) is 0.125. The molecular weight excluding hydrogens is 803 g/mol. The number of ether oxygens (including phenoxy) is 1. The molecule has 10 nitrogen and oxygen atoms in total. The van der Waals surface area contributed by atoms with Gasteiger partial charge in [0.1, 0.15) is 41.2 Å². The van der Waals surface area contributed by atoms with E-state index in [1.54, 1.807) is 23.8 Å². The largest absolute Gasteiger partial charge is 0.508 e. The maximum Gasteiger partial charge on any atom is 0.196 e. The molecule has 2 fully saturated rings. The average Bonchev–Trinajstić information content (AvgIpc) is 3.99. The number of nitrogens with one attached hydrogen (secondary N) is 1. The van der Waals surface area contributed by atoms with Crippen LogP contribution in [0, 0.1) is 32.1 Å². The van der Waals surface area contributed by atoms with E-state index < -0.39 is 0 Å². The molecule has 1 spiro atoms. The number of phenolic OH excluding ortho intramolecular Hbond substituents is 1.